The van der Waals surface area contributed by atoms with Gasteiger partial charge in [-0.1, -0.05) is 59.6 Å². The van der Waals surface area contributed by atoms with Crippen LogP contribution in [0.5, 0.6) is 0 Å². The van der Waals surface area contributed by atoms with Crippen LogP contribution in [0.1, 0.15) is 36.1 Å². The molecule has 0 unspecified atom stereocenters. The Hall–Kier alpha value is -1.55. The van der Waals surface area contributed by atoms with Crippen LogP contribution in [0.4, 0.5) is 0 Å². The van der Waals surface area contributed by atoms with Gasteiger partial charge < -0.3 is 10.0 Å². The monoisotopic (exact) mass is 349 g/mol. The van der Waals surface area contributed by atoms with Crippen LogP contribution in [0.3, 0.4) is 0 Å². The molecule has 1 N–H and O–H groups in total. The van der Waals surface area contributed by atoms with Gasteiger partial charge in [-0.3, -0.25) is 4.79 Å². The number of carbonyl (C=O) groups is 1. The van der Waals surface area contributed by atoms with Crippen LogP contribution in [0.15, 0.2) is 48.5 Å². The Bertz CT molecular complexity index is 705. The highest BCUT2D eigenvalue weighted by atomic mass is 35.5. The standard InChI is InChI=1S/C18H17Cl2NO2/c19-13-6-7-14(15(20)10-13)16-8-9-18(23)21(16)17(11-22)12-4-2-1-3-5-12/h1-7,10,16-17,22H,8-9,11H2/t16-,17-/m1/s1. The van der Waals surface area contributed by atoms with Crippen molar-refractivity contribution < 1.29 is 9.90 Å². The molecule has 1 amide bonds. The second-order valence-electron chi connectivity index (χ2n) is 5.63. The Balaban J connectivity index is 1.99. The lowest BCUT2D eigenvalue weighted by molar-refractivity contribution is -0.132. The summed E-state index contributed by atoms with van der Waals surface area (Å²) in [4.78, 5) is 14.2. The lowest BCUT2D eigenvalue weighted by atomic mass is 10.0. The number of likely N-dealkylation sites (tertiary alicyclic amines) is 1. The summed E-state index contributed by atoms with van der Waals surface area (Å²) in [6, 6.07) is 14.4. The predicted molar refractivity (Wildman–Crippen MR) is 91.6 cm³/mol. The van der Waals surface area contributed by atoms with Crippen LogP contribution in [0.2, 0.25) is 10.0 Å². The van der Waals surface area contributed by atoms with Crippen LogP contribution < -0.4 is 0 Å². The molecule has 0 radical (unpaired) electrons. The molecule has 2 aromatic carbocycles. The minimum absolute atomic E-state index is 0.0314. The summed E-state index contributed by atoms with van der Waals surface area (Å²) >= 11 is 12.3. The number of halogens is 2. The zero-order valence-corrected chi connectivity index (χ0v) is 14.0. The zero-order chi connectivity index (χ0) is 16.4. The van der Waals surface area contributed by atoms with Gasteiger partial charge in [0, 0.05) is 16.5 Å². The molecule has 23 heavy (non-hydrogen) atoms. The smallest absolute Gasteiger partial charge is 0.223 e. The molecule has 120 valence electrons. The molecule has 3 rings (SSSR count). The fourth-order valence-corrected chi connectivity index (χ4v) is 3.73. The quantitative estimate of drug-likeness (QED) is 0.888. The first kappa shape index (κ1) is 16.3. The first-order valence-corrected chi connectivity index (χ1v) is 8.29. The van der Waals surface area contributed by atoms with E-state index in [2.05, 4.69) is 0 Å². The first-order chi connectivity index (χ1) is 11.1. The highest BCUT2D eigenvalue weighted by Gasteiger charge is 2.38. The van der Waals surface area contributed by atoms with Gasteiger partial charge in [-0.2, -0.15) is 0 Å². The Morgan fingerprint density at radius 3 is 2.57 bits per heavy atom. The first-order valence-electron chi connectivity index (χ1n) is 7.53. The molecule has 2 aromatic rings. The van der Waals surface area contributed by atoms with E-state index >= 15 is 0 Å². The summed E-state index contributed by atoms with van der Waals surface area (Å²) in [6.07, 6.45) is 1.14. The van der Waals surface area contributed by atoms with Crippen molar-refractivity contribution in [2.75, 3.05) is 6.61 Å². The number of aliphatic hydroxyl groups excluding tert-OH is 1. The predicted octanol–water partition coefficient (Wildman–Crippen LogP) is 4.39. The van der Waals surface area contributed by atoms with Crippen molar-refractivity contribution in [3.8, 4) is 0 Å². The van der Waals surface area contributed by atoms with Gasteiger partial charge in [0.2, 0.25) is 5.91 Å². The van der Waals surface area contributed by atoms with Crippen LogP contribution in [0, 0.1) is 0 Å². The van der Waals surface area contributed by atoms with Gasteiger partial charge in [0.25, 0.3) is 0 Å². The van der Waals surface area contributed by atoms with Crippen molar-refractivity contribution >= 4 is 29.1 Å². The maximum Gasteiger partial charge on any atom is 0.223 e. The van der Waals surface area contributed by atoms with E-state index in [-0.39, 0.29) is 24.6 Å². The van der Waals surface area contributed by atoms with Crippen LogP contribution in [-0.4, -0.2) is 22.5 Å². The van der Waals surface area contributed by atoms with Gasteiger partial charge in [0.15, 0.2) is 0 Å². The van der Waals surface area contributed by atoms with E-state index in [9.17, 15) is 9.90 Å². The molecule has 1 saturated heterocycles. The molecule has 1 heterocycles. The summed E-state index contributed by atoms with van der Waals surface area (Å²) in [5.41, 5.74) is 1.79. The van der Waals surface area contributed by atoms with Crippen molar-refractivity contribution in [2.45, 2.75) is 24.9 Å². The molecule has 1 aliphatic heterocycles. The number of benzene rings is 2. The molecule has 1 fully saturated rings. The summed E-state index contributed by atoms with van der Waals surface area (Å²) in [5, 5.41) is 11.0. The Labute approximate surface area is 145 Å². The third-order valence-corrected chi connectivity index (χ3v) is 4.83. The van der Waals surface area contributed by atoms with Crippen molar-refractivity contribution in [1.82, 2.24) is 4.90 Å². The molecule has 5 heteroatoms. The average molecular weight is 350 g/mol. The van der Waals surface area contributed by atoms with Gasteiger partial charge >= 0.3 is 0 Å². The maximum atomic E-state index is 12.5. The molecule has 0 aromatic heterocycles. The number of aliphatic hydroxyl groups is 1. The highest BCUT2D eigenvalue weighted by Crippen LogP contribution is 2.42. The van der Waals surface area contributed by atoms with Crippen molar-refractivity contribution in [3.05, 3.63) is 69.7 Å². The molecule has 2 atom stereocenters. The summed E-state index contributed by atoms with van der Waals surface area (Å²) < 4.78 is 0. The zero-order valence-electron chi connectivity index (χ0n) is 12.5. The molecule has 3 nitrogen and oxygen atoms in total. The van der Waals surface area contributed by atoms with E-state index in [4.69, 9.17) is 23.2 Å². The number of hydrogen-bond donors (Lipinski definition) is 1. The van der Waals surface area contributed by atoms with Crippen LogP contribution in [-0.2, 0) is 4.79 Å². The highest BCUT2D eigenvalue weighted by molar-refractivity contribution is 6.35. The third-order valence-electron chi connectivity index (χ3n) is 4.27. The fourth-order valence-electron chi connectivity index (χ4n) is 3.20. The lowest BCUT2D eigenvalue weighted by Gasteiger charge is -2.33. The average Bonchev–Trinajstić information content (AvgIpc) is 2.91. The number of hydrogen-bond acceptors (Lipinski definition) is 2. The Morgan fingerprint density at radius 1 is 1.17 bits per heavy atom. The number of rotatable bonds is 4. The Morgan fingerprint density at radius 2 is 1.91 bits per heavy atom. The second-order valence-corrected chi connectivity index (χ2v) is 6.47. The van der Waals surface area contributed by atoms with Crippen molar-refractivity contribution in [3.63, 3.8) is 0 Å². The number of carbonyl (C=O) groups excluding carboxylic acids is 1. The topological polar surface area (TPSA) is 40.5 Å². The largest absolute Gasteiger partial charge is 0.394 e. The number of amides is 1. The molecule has 0 saturated carbocycles. The van der Waals surface area contributed by atoms with E-state index < -0.39 is 0 Å². The maximum absolute atomic E-state index is 12.5. The fraction of sp³-hybridized carbons (Fsp3) is 0.278. The molecular weight excluding hydrogens is 333 g/mol. The molecule has 0 aliphatic carbocycles. The normalized spacial score (nSPS) is 19.2. The molecular formula is C18H17Cl2NO2. The van der Waals surface area contributed by atoms with Crippen LogP contribution >= 0.6 is 23.2 Å². The summed E-state index contributed by atoms with van der Waals surface area (Å²) in [5.74, 6) is 0.0314. The van der Waals surface area contributed by atoms with Crippen molar-refractivity contribution in [1.29, 1.82) is 0 Å². The van der Waals surface area contributed by atoms with Gasteiger partial charge in [0.05, 0.1) is 18.7 Å². The van der Waals surface area contributed by atoms with Crippen LogP contribution in [0.25, 0.3) is 0 Å². The molecule has 0 spiro atoms. The molecule has 1 aliphatic rings. The van der Waals surface area contributed by atoms with Gasteiger partial charge in [-0.25, -0.2) is 0 Å². The van der Waals surface area contributed by atoms with Gasteiger partial charge in [0.1, 0.15) is 0 Å². The van der Waals surface area contributed by atoms with Gasteiger partial charge in [-0.05, 0) is 29.7 Å². The second kappa shape index (κ2) is 6.91. The van der Waals surface area contributed by atoms with E-state index in [1.165, 1.54) is 0 Å². The summed E-state index contributed by atoms with van der Waals surface area (Å²) in [6.45, 7) is -0.128. The van der Waals surface area contributed by atoms with E-state index in [1.54, 1.807) is 17.0 Å². The van der Waals surface area contributed by atoms with E-state index in [0.717, 1.165) is 11.1 Å². The van der Waals surface area contributed by atoms with Gasteiger partial charge in [-0.15, -0.1) is 0 Å². The minimum Gasteiger partial charge on any atom is -0.394 e. The van der Waals surface area contributed by atoms with E-state index in [1.807, 2.05) is 36.4 Å². The Kier molecular flexibility index (Phi) is 4.90. The van der Waals surface area contributed by atoms with E-state index in [0.29, 0.717) is 22.9 Å². The summed E-state index contributed by atoms with van der Waals surface area (Å²) in [7, 11) is 0. The van der Waals surface area contributed by atoms with Crippen molar-refractivity contribution in [2.24, 2.45) is 0 Å². The SMILES string of the molecule is O=C1CC[C@H](c2ccc(Cl)cc2Cl)N1[C@H](CO)c1ccccc1. The molecule has 0 bridgehead atoms. The number of nitrogens with zero attached hydrogens (tertiary/aromatic N) is 1. The third kappa shape index (κ3) is 3.23. The lowest BCUT2D eigenvalue weighted by Crippen LogP contribution is -2.34. The minimum atomic E-state index is -0.372.